The second kappa shape index (κ2) is 9.36. The van der Waals surface area contributed by atoms with Crippen molar-refractivity contribution in [3.05, 3.63) is 65.7 Å². The first kappa shape index (κ1) is 18.4. The van der Waals surface area contributed by atoms with Gasteiger partial charge in [-0.25, -0.2) is 8.78 Å². The summed E-state index contributed by atoms with van der Waals surface area (Å²) >= 11 is 0. The summed E-state index contributed by atoms with van der Waals surface area (Å²) in [5.41, 5.74) is 0.271. The number of ether oxygens (including phenoxy) is 1. The molecule has 2 N–H and O–H groups in total. The van der Waals surface area contributed by atoms with E-state index in [1.165, 1.54) is 36.4 Å². The van der Waals surface area contributed by atoms with Gasteiger partial charge in [0.1, 0.15) is 5.82 Å². The van der Waals surface area contributed by atoms with E-state index in [-0.39, 0.29) is 30.4 Å². The van der Waals surface area contributed by atoms with E-state index in [2.05, 4.69) is 10.6 Å². The smallest absolute Gasteiger partial charge is 0.251 e. The monoisotopic (exact) mass is 348 g/mol. The number of para-hydroxylation sites is 1. The summed E-state index contributed by atoms with van der Waals surface area (Å²) in [6.07, 6.45) is 0.492. The van der Waals surface area contributed by atoms with Crippen molar-refractivity contribution in [1.29, 1.82) is 0 Å². The van der Waals surface area contributed by atoms with Gasteiger partial charge in [0.2, 0.25) is 5.91 Å². The van der Waals surface area contributed by atoms with Gasteiger partial charge in [0, 0.05) is 12.1 Å². The Morgan fingerprint density at radius 1 is 0.960 bits per heavy atom. The molecule has 132 valence electrons. The summed E-state index contributed by atoms with van der Waals surface area (Å²) in [7, 11) is 0. The van der Waals surface area contributed by atoms with Gasteiger partial charge in [0.15, 0.2) is 11.6 Å². The summed E-state index contributed by atoms with van der Waals surface area (Å²) < 4.78 is 31.3. The highest BCUT2D eigenvalue weighted by Gasteiger charge is 2.08. The van der Waals surface area contributed by atoms with Crippen molar-refractivity contribution in [3.8, 4) is 5.75 Å². The Morgan fingerprint density at radius 3 is 2.40 bits per heavy atom. The van der Waals surface area contributed by atoms with Crippen LogP contribution in [-0.2, 0) is 4.79 Å². The number of amides is 2. The molecule has 0 atom stereocenters. The minimum Gasteiger partial charge on any atom is -0.490 e. The summed E-state index contributed by atoms with van der Waals surface area (Å²) in [4.78, 5) is 23.4. The highest BCUT2D eigenvalue weighted by Crippen LogP contribution is 2.15. The fourth-order valence-corrected chi connectivity index (χ4v) is 1.97. The van der Waals surface area contributed by atoms with Crippen molar-refractivity contribution in [2.75, 3.05) is 19.7 Å². The van der Waals surface area contributed by atoms with E-state index in [4.69, 9.17) is 4.74 Å². The highest BCUT2D eigenvalue weighted by atomic mass is 19.1. The lowest BCUT2D eigenvalue weighted by atomic mass is 10.2. The van der Waals surface area contributed by atoms with E-state index in [0.717, 1.165) is 0 Å². The standard InChI is InChI=1S/C18H18F2N2O3/c19-14-8-6-13(7-9-14)18(24)22-12-17(23)21-10-3-11-25-16-5-2-1-4-15(16)20/h1-2,4-9H,3,10-12H2,(H,21,23)(H,22,24). The van der Waals surface area contributed by atoms with Crippen LogP contribution in [0, 0.1) is 11.6 Å². The fraction of sp³-hybridized carbons (Fsp3) is 0.222. The second-order valence-corrected chi connectivity index (χ2v) is 5.17. The number of halogens is 2. The molecule has 0 saturated carbocycles. The molecule has 2 amide bonds. The zero-order valence-electron chi connectivity index (χ0n) is 13.4. The number of hydrogen-bond donors (Lipinski definition) is 2. The molecule has 0 fully saturated rings. The van der Waals surface area contributed by atoms with E-state index in [1.807, 2.05) is 0 Å². The predicted molar refractivity (Wildman–Crippen MR) is 88.3 cm³/mol. The van der Waals surface area contributed by atoms with Crippen LogP contribution in [0.4, 0.5) is 8.78 Å². The third kappa shape index (κ3) is 6.21. The van der Waals surface area contributed by atoms with Gasteiger partial charge in [-0.2, -0.15) is 0 Å². The van der Waals surface area contributed by atoms with E-state index in [1.54, 1.807) is 12.1 Å². The molecule has 0 aliphatic carbocycles. The molecule has 2 aromatic rings. The van der Waals surface area contributed by atoms with Gasteiger partial charge in [-0.15, -0.1) is 0 Å². The Labute approximate surface area is 144 Å². The molecule has 2 aromatic carbocycles. The Morgan fingerprint density at radius 2 is 1.68 bits per heavy atom. The lowest BCUT2D eigenvalue weighted by Crippen LogP contribution is -2.37. The summed E-state index contributed by atoms with van der Waals surface area (Å²) in [6.45, 7) is 0.396. The van der Waals surface area contributed by atoms with Gasteiger partial charge >= 0.3 is 0 Å². The highest BCUT2D eigenvalue weighted by molar-refractivity contribution is 5.96. The third-order valence-corrected chi connectivity index (χ3v) is 3.25. The molecule has 0 radical (unpaired) electrons. The number of hydrogen-bond acceptors (Lipinski definition) is 3. The topological polar surface area (TPSA) is 67.4 Å². The van der Waals surface area contributed by atoms with Gasteiger partial charge in [0.25, 0.3) is 5.91 Å². The molecule has 2 rings (SSSR count). The first-order valence-electron chi connectivity index (χ1n) is 7.74. The van der Waals surface area contributed by atoms with Crippen molar-refractivity contribution in [2.24, 2.45) is 0 Å². The zero-order chi connectivity index (χ0) is 18.1. The molecule has 0 aliphatic heterocycles. The van der Waals surface area contributed by atoms with Gasteiger partial charge in [-0.1, -0.05) is 12.1 Å². The van der Waals surface area contributed by atoms with Crippen molar-refractivity contribution in [1.82, 2.24) is 10.6 Å². The van der Waals surface area contributed by atoms with Crippen molar-refractivity contribution in [2.45, 2.75) is 6.42 Å². The maximum atomic E-state index is 13.3. The molecular weight excluding hydrogens is 330 g/mol. The number of nitrogens with one attached hydrogen (secondary N) is 2. The Hall–Kier alpha value is -2.96. The van der Waals surface area contributed by atoms with E-state index in [0.29, 0.717) is 13.0 Å². The minimum atomic E-state index is -0.460. The number of rotatable bonds is 8. The normalized spacial score (nSPS) is 10.2. The van der Waals surface area contributed by atoms with E-state index in [9.17, 15) is 18.4 Å². The van der Waals surface area contributed by atoms with Gasteiger partial charge in [0.05, 0.1) is 13.2 Å². The Kier molecular flexibility index (Phi) is 6.88. The molecule has 0 bridgehead atoms. The maximum absolute atomic E-state index is 13.3. The molecule has 0 aromatic heterocycles. The molecule has 0 spiro atoms. The van der Waals surface area contributed by atoms with Gasteiger partial charge in [-0.3, -0.25) is 9.59 Å². The van der Waals surface area contributed by atoms with E-state index >= 15 is 0 Å². The Bertz CT molecular complexity index is 721. The van der Waals surface area contributed by atoms with Crippen molar-refractivity contribution >= 4 is 11.8 Å². The van der Waals surface area contributed by atoms with Gasteiger partial charge < -0.3 is 15.4 Å². The molecule has 0 saturated heterocycles. The SMILES string of the molecule is O=C(CNC(=O)c1ccc(F)cc1)NCCCOc1ccccc1F. The largest absolute Gasteiger partial charge is 0.490 e. The molecule has 7 heteroatoms. The Balaban J connectivity index is 1.60. The summed E-state index contributed by atoms with van der Waals surface area (Å²) in [5.74, 6) is -1.53. The lowest BCUT2D eigenvalue weighted by molar-refractivity contribution is -0.120. The summed E-state index contributed by atoms with van der Waals surface area (Å²) in [6, 6.07) is 11.1. The second-order valence-electron chi connectivity index (χ2n) is 5.17. The van der Waals surface area contributed by atoms with Gasteiger partial charge in [-0.05, 0) is 42.8 Å². The molecule has 0 heterocycles. The maximum Gasteiger partial charge on any atom is 0.251 e. The predicted octanol–water partition coefficient (Wildman–Crippen LogP) is 2.28. The number of benzene rings is 2. The van der Waals surface area contributed by atoms with Crippen LogP contribution in [0.1, 0.15) is 16.8 Å². The van der Waals surface area contributed by atoms with Crippen LogP contribution in [0.25, 0.3) is 0 Å². The molecule has 0 unspecified atom stereocenters. The average Bonchev–Trinajstić information content (AvgIpc) is 2.61. The van der Waals surface area contributed by atoms with Crippen LogP contribution in [0.2, 0.25) is 0 Å². The fourth-order valence-electron chi connectivity index (χ4n) is 1.97. The first-order chi connectivity index (χ1) is 12.1. The van der Waals surface area contributed by atoms with Crippen LogP contribution in [0.3, 0.4) is 0 Å². The van der Waals surface area contributed by atoms with Crippen LogP contribution in [0.5, 0.6) is 5.75 Å². The number of carbonyl (C=O) groups excluding carboxylic acids is 2. The lowest BCUT2D eigenvalue weighted by Gasteiger charge is -2.09. The van der Waals surface area contributed by atoms with Crippen LogP contribution < -0.4 is 15.4 Å². The average molecular weight is 348 g/mol. The van der Waals surface area contributed by atoms with Crippen molar-refractivity contribution < 1.29 is 23.1 Å². The molecule has 25 heavy (non-hydrogen) atoms. The quantitative estimate of drug-likeness (QED) is 0.719. The van der Waals surface area contributed by atoms with E-state index < -0.39 is 17.5 Å². The van der Waals surface area contributed by atoms with Crippen LogP contribution >= 0.6 is 0 Å². The zero-order valence-corrected chi connectivity index (χ0v) is 13.4. The number of carbonyl (C=O) groups is 2. The van der Waals surface area contributed by atoms with Crippen molar-refractivity contribution in [3.63, 3.8) is 0 Å². The minimum absolute atomic E-state index is 0.167. The van der Waals surface area contributed by atoms with Crippen LogP contribution in [-0.4, -0.2) is 31.5 Å². The molecule has 0 aliphatic rings. The summed E-state index contributed by atoms with van der Waals surface area (Å²) in [5, 5.41) is 5.05. The van der Waals surface area contributed by atoms with Crippen LogP contribution in [0.15, 0.2) is 48.5 Å². The molecule has 5 nitrogen and oxygen atoms in total. The third-order valence-electron chi connectivity index (χ3n) is 3.25. The molecular formula is C18H18F2N2O3. The first-order valence-corrected chi connectivity index (χ1v) is 7.74.